The van der Waals surface area contributed by atoms with Crippen LogP contribution in [0.15, 0.2) is 34.9 Å². The summed E-state index contributed by atoms with van der Waals surface area (Å²) in [5.41, 5.74) is 3.25. The lowest BCUT2D eigenvalue weighted by Gasteiger charge is -2.15. The first-order chi connectivity index (χ1) is 9.51. The van der Waals surface area contributed by atoms with E-state index in [1.54, 1.807) is 6.08 Å². The number of hydrogen-bond donors (Lipinski definition) is 0. The maximum atomic E-state index is 11.2. The van der Waals surface area contributed by atoms with Gasteiger partial charge in [-0.15, -0.1) is 0 Å². The number of hydrogen-bond acceptors (Lipinski definition) is 3. The van der Waals surface area contributed by atoms with Crippen LogP contribution in [-0.2, 0) is 14.3 Å². The van der Waals surface area contributed by atoms with Crippen molar-refractivity contribution >= 4 is 12.3 Å². The Kier molecular flexibility index (Phi) is 6.99. The lowest BCUT2D eigenvalue weighted by Crippen LogP contribution is -2.15. The number of allylic oxidation sites excluding steroid dienone is 4. The SMILES string of the molecule is CC(=O)O[C@H]1C=C(C=O)CCC=C(C)CCC=C(C)C1. The van der Waals surface area contributed by atoms with Crippen molar-refractivity contribution in [1.29, 1.82) is 0 Å². The van der Waals surface area contributed by atoms with Gasteiger partial charge >= 0.3 is 5.97 Å². The summed E-state index contributed by atoms with van der Waals surface area (Å²) >= 11 is 0. The average Bonchev–Trinajstić information content (AvgIpc) is 2.35. The van der Waals surface area contributed by atoms with Gasteiger partial charge in [0.2, 0.25) is 0 Å². The highest BCUT2D eigenvalue weighted by Gasteiger charge is 2.12. The number of carbonyl (C=O) groups excluding carboxylic acids is 2. The van der Waals surface area contributed by atoms with Gasteiger partial charge in [-0.05, 0) is 51.2 Å². The number of aldehydes is 1. The molecule has 3 nitrogen and oxygen atoms in total. The molecule has 0 unspecified atom stereocenters. The Morgan fingerprint density at radius 3 is 2.50 bits per heavy atom. The van der Waals surface area contributed by atoms with Crippen LogP contribution in [0.4, 0.5) is 0 Å². The van der Waals surface area contributed by atoms with Gasteiger partial charge in [-0.25, -0.2) is 0 Å². The molecular formula is C17H24O3. The molecule has 3 heteroatoms. The molecule has 0 saturated heterocycles. The molecule has 0 N–H and O–H groups in total. The molecule has 110 valence electrons. The van der Waals surface area contributed by atoms with Crippen LogP contribution < -0.4 is 0 Å². The van der Waals surface area contributed by atoms with Gasteiger partial charge in [0.25, 0.3) is 0 Å². The molecule has 0 heterocycles. The number of rotatable bonds is 2. The van der Waals surface area contributed by atoms with Gasteiger partial charge in [0.1, 0.15) is 12.4 Å². The maximum Gasteiger partial charge on any atom is 0.303 e. The standard InChI is InChI=1S/C17H24O3/c1-13-6-4-8-14(2)10-17(20-15(3)19)11-16(12-18)9-5-7-13/h7-8,11-12,17H,4-6,9-10H2,1-3H3/t17-/m1/s1. The third kappa shape index (κ3) is 6.50. The van der Waals surface area contributed by atoms with Crippen molar-refractivity contribution < 1.29 is 14.3 Å². The Bertz CT molecular complexity index is 441. The Hall–Kier alpha value is -1.64. The van der Waals surface area contributed by atoms with Crippen molar-refractivity contribution in [2.24, 2.45) is 0 Å². The second-order valence-corrected chi connectivity index (χ2v) is 5.39. The van der Waals surface area contributed by atoms with Crippen LogP contribution in [0.5, 0.6) is 0 Å². The van der Waals surface area contributed by atoms with E-state index in [-0.39, 0.29) is 12.1 Å². The summed E-state index contributed by atoms with van der Waals surface area (Å²) in [5, 5.41) is 0. The summed E-state index contributed by atoms with van der Waals surface area (Å²) in [6.07, 6.45) is 10.9. The molecule has 0 aromatic carbocycles. The van der Waals surface area contributed by atoms with E-state index in [4.69, 9.17) is 4.74 Å². The first kappa shape index (κ1) is 16.4. The van der Waals surface area contributed by atoms with E-state index in [1.807, 2.05) is 6.92 Å². The Balaban J connectivity index is 2.94. The third-order valence-electron chi connectivity index (χ3n) is 3.35. The lowest BCUT2D eigenvalue weighted by molar-refractivity contribution is -0.144. The highest BCUT2D eigenvalue weighted by molar-refractivity contribution is 5.73. The molecule has 0 spiro atoms. The largest absolute Gasteiger partial charge is 0.458 e. The van der Waals surface area contributed by atoms with Gasteiger partial charge in [-0.2, -0.15) is 0 Å². The molecule has 1 aliphatic rings. The first-order valence-electron chi connectivity index (χ1n) is 7.15. The zero-order chi connectivity index (χ0) is 15.0. The van der Waals surface area contributed by atoms with E-state index < -0.39 is 0 Å². The zero-order valence-electron chi connectivity index (χ0n) is 12.6. The lowest BCUT2D eigenvalue weighted by atomic mass is 10.00. The van der Waals surface area contributed by atoms with E-state index in [1.165, 1.54) is 18.1 Å². The topological polar surface area (TPSA) is 43.4 Å². The van der Waals surface area contributed by atoms with Crippen molar-refractivity contribution in [2.75, 3.05) is 0 Å². The van der Waals surface area contributed by atoms with Crippen molar-refractivity contribution in [2.45, 2.75) is 59.0 Å². The maximum absolute atomic E-state index is 11.2. The molecular weight excluding hydrogens is 252 g/mol. The van der Waals surface area contributed by atoms with Gasteiger partial charge in [-0.3, -0.25) is 9.59 Å². The van der Waals surface area contributed by atoms with Crippen LogP contribution in [0.1, 0.15) is 52.9 Å². The number of esters is 1. The molecule has 0 aliphatic heterocycles. The van der Waals surface area contributed by atoms with Crippen LogP contribution in [0.25, 0.3) is 0 Å². The van der Waals surface area contributed by atoms with Crippen LogP contribution >= 0.6 is 0 Å². The fourth-order valence-corrected chi connectivity index (χ4v) is 2.30. The van der Waals surface area contributed by atoms with Crippen molar-refractivity contribution in [3.8, 4) is 0 Å². The van der Waals surface area contributed by atoms with Gasteiger partial charge in [0.15, 0.2) is 0 Å². The second-order valence-electron chi connectivity index (χ2n) is 5.39. The van der Waals surface area contributed by atoms with Gasteiger partial charge < -0.3 is 4.74 Å². The second kappa shape index (κ2) is 8.51. The third-order valence-corrected chi connectivity index (χ3v) is 3.35. The predicted molar refractivity (Wildman–Crippen MR) is 80.3 cm³/mol. The summed E-state index contributed by atoms with van der Waals surface area (Å²) in [5.74, 6) is -0.313. The van der Waals surface area contributed by atoms with Crippen LogP contribution in [0, 0.1) is 0 Å². The fourth-order valence-electron chi connectivity index (χ4n) is 2.30. The molecule has 0 aromatic heterocycles. The predicted octanol–water partition coefficient (Wildman–Crippen LogP) is 3.90. The molecule has 0 amide bonds. The molecule has 0 saturated carbocycles. The normalized spacial score (nSPS) is 21.6. The van der Waals surface area contributed by atoms with Crippen molar-refractivity contribution in [1.82, 2.24) is 0 Å². The van der Waals surface area contributed by atoms with Crippen molar-refractivity contribution in [3.05, 3.63) is 34.9 Å². The van der Waals surface area contributed by atoms with Crippen LogP contribution in [0.3, 0.4) is 0 Å². The molecule has 0 fully saturated rings. The summed E-state index contributed by atoms with van der Waals surface area (Å²) in [6, 6.07) is 0. The summed E-state index contributed by atoms with van der Waals surface area (Å²) in [7, 11) is 0. The van der Waals surface area contributed by atoms with Gasteiger partial charge in [0, 0.05) is 13.3 Å². The van der Waals surface area contributed by atoms with E-state index in [9.17, 15) is 9.59 Å². The van der Waals surface area contributed by atoms with Gasteiger partial charge in [0.05, 0.1) is 0 Å². The van der Waals surface area contributed by atoms with E-state index in [0.717, 1.165) is 25.5 Å². The highest BCUT2D eigenvalue weighted by atomic mass is 16.5. The minimum absolute atomic E-state index is 0.313. The monoisotopic (exact) mass is 276 g/mol. The molecule has 0 aromatic rings. The van der Waals surface area contributed by atoms with E-state index in [2.05, 4.69) is 19.1 Å². The smallest absolute Gasteiger partial charge is 0.303 e. The van der Waals surface area contributed by atoms with Crippen LogP contribution in [-0.4, -0.2) is 18.4 Å². The number of ether oxygens (including phenoxy) is 1. The fraction of sp³-hybridized carbons (Fsp3) is 0.529. The minimum atomic E-state index is -0.339. The van der Waals surface area contributed by atoms with Crippen LogP contribution in [0.2, 0.25) is 0 Å². The molecule has 1 rings (SSSR count). The number of carbonyl (C=O) groups is 2. The van der Waals surface area contributed by atoms with Crippen molar-refractivity contribution in [3.63, 3.8) is 0 Å². The van der Waals surface area contributed by atoms with E-state index >= 15 is 0 Å². The highest BCUT2D eigenvalue weighted by Crippen LogP contribution is 2.18. The Morgan fingerprint density at radius 1 is 1.20 bits per heavy atom. The summed E-state index contributed by atoms with van der Waals surface area (Å²) in [6.45, 7) is 5.56. The average molecular weight is 276 g/mol. The Labute approximate surface area is 121 Å². The molecule has 0 radical (unpaired) electrons. The minimum Gasteiger partial charge on any atom is -0.458 e. The molecule has 1 aliphatic carbocycles. The van der Waals surface area contributed by atoms with Gasteiger partial charge in [-0.1, -0.05) is 23.3 Å². The zero-order valence-corrected chi connectivity index (χ0v) is 12.6. The molecule has 0 bridgehead atoms. The van der Waals surface area contributed by atoms with E-state index in [0.29, 0.717) is 18.4 Å². The Morgan fingerprint density at radius 2 is 1.85 bits per heavy atom. The molecule has 1 atom stereocenters. The quantitative estimate of drug-likeness (QED) is 0.436. The summed E-state index contributed by atoms with van der Waals surface area (Å²) < 4.78 is 5.29. The first-order valence-corrected chi connectivity index (χ1v) is 7.15. The molecule has 20 heavy (non-hydrogen) atoms. The summed E-state index contributed by atoms with van der Waals surface area (Å²) in [4.78, 5) is 22.3.